The zero-order valence-corrected chi connectivity index (χ0v) is 15.1. The van der Waals surface area contributed by atoms with Gasteiger partial charge in [-0.2, -0.15) is 0 Å². The van der Waals surface area contributed by atoms with Crippen LogP contribution in [0.2, 0.25) is 0 Å². The molecule has 0 unspecified atom stereocenters. The summed E-state index contributed by atoms with van der Waals surface area (Å²) in [5, 5.41) is 0. The van der Waals surface area contributed by atoms with Crippen molar-refractivity contribution in [1.29, 1.82) is 0 Å². The van der Waals surface area contributed by atoms with Crippen LogP contribution >= 0.6 is 0 Å². The van der Waals surface area contributed by atoms with Crippen LogP contribution in [0.4, 0.5) is 5.69 Å². The van der Waals surface area contributed by atoms with Crippen LogP contribution in [0, 0.1) is 0 Å². The third kappa shape index (κ3) is 4.12. The molecule has 2 aromatic carbocycles. The molecule has 0 saturated heterocycles. The standard InChI is InChI=1S/C21H19N3O3/c1-23-15-13-22-20(23)21(26)24(17-6-4-3-5-7-17)14-12-19(25)16-8-10-18(27-2)11-9-16/h3-15H,1-2H3/b14-12+. The number of para-hydroxylation sites is 1. The van der Waals surface area contributed by atoms with Crippen molar-refractivity contribution in [3.05, 3.63) is 90.7 Å². The topological polar surface area (TPSA) is 64.4 Å². The van der Waals surface area contributed by atoms with E-state index in [1.54, 1.807) is 67.5 Å². The molecule has 6 nitrogen and oxygen atoms in total. The summed E-state index contributed by atoms with van der Waals surface area (Å²) >= 11 is 0. The van der Waals surface area contributed by atoms with Crippen molar-refractivity contribution in [2.75, 3.05) is 12.0 Å². The van der Waals surface area contributed by atoms with Crippen molar-refractivity contribution >= 4 is 17.4 Å². The zero-order valence-electron chi connectivity index (χ0n) is 15.1. The SMILES string of the molecule is COc1ccc(C(=O)/C=C/N(C(=O)c2nccn2C)c2ccccc2)cc1. The fourth-order valence-electron chi connectivity index (χ4n) is 2.53. The van der Waals surface area contributed by atoms with Crippen LogP contribution in [-0.4, -0.2) is 28.4 Å². The van der Waals surface area contributed by atoms with Gasteiger partial charge in [-0.05, 0) is 36.4 Å². The van der Waals surface area contributed by atoms with Crippen LogP contribution in [0.1, 0.15) is 21.0 Å². The summed E-state index contributed by atoms with van der Waals surface area (Å²) in [6.07, 6.45) is 6.10. The Labute approximate surface area is 157 Å². The quantitative estimate of drug-likeness (QED) is 0.498. The number of methoxy groups -OCH3 is 1. The first-order valence-electron chi connectivity index (χ1n) is 8.32. The molecule has 0 aliphatic heterocycles. The van der Waals surface area contributed by atoms with E-state index in [0.717, 1.165) is 0 Å². The van der Waals surface area contributed by atoms with Crippen LogP contribution in [0.5, 0.6) is 5.75 Å². The van der Waals surface area contributed by atoms with E-state index in [-0.39, 0.29) is 17.5 Å². The van der Waals surface area contributed by atoms with Crippen LogP contribution in [0.15, 0.2) is 79.3 Å². The van der Waals surface area contributed by atoms with E-state index in [2.05, 4.69) is 4.98 Å². The molecule has 0 atom stereocenters. The average Bonchev–Trinajstić information content (AvgIpc) is 3.14. The summed E-state index contributed by atoms with van der Waals surface area (Å²) in [5.41, 5.74) is 1.15. The minimum Gasteiger partial charge on any atom is -0.497 e. The van der Waals surface area contributed by atoms with E-state index in [9.17, 15) is 9.59 Å². The van der Waals surface area contributed by atoms with Crippen molar-refractivity contribution in [3.8, 4) is 5.75 Å². The van der Waals surface area contributed by atoms with E-state index in [1.165, 1.54) is 17.2 Å². The second kappa shape index (κ2) is 8.14. The fraction of sp³-hybridized carbons (Fsp3) is 0.0952. The smallest absolute Gasteiger partial charge is 0.298 e. The van der Waals surface area contributed by atoms with Crippen LogP contribution in [-0.2, 0) is 7.05 Å². The van der Waals surface area contributed by atoms with E-state index in [0.29, 0.717) is 17.0 Å². The Morgan fingerprint density at radius 2 is 1.78 bits per heavy atom. The van der Waals surface area contributed by atoms with Crippen molar-refractivity contribution < 1.29 is 14.3 Å². The first-order chi connectivity index (χ1) is 13.1. The largest absolute Gasteiger partial charge is 0.497 e. The molecule has 0 bridgehead atoms. The second-order valence-corrected chi connectivity index (χ2v) is 5.78. The number of aromatic nitrogens is 2. The third-order valence-corrected chi connectivity index (χ3v) is 4.02. The number of carbonyl (C=O) groups excluding carboxylic acids is 2. The minimum absolute atomic E-state index is 0.216. The van der Waals surface area contributed by atoms with Gasteiger partial charge in [0.2, 0.25) is 0 Å². The highest BCUT2D eigenvalue weighted by molar-refractivity contribution is 6.08. The average molecular weight is 361 g/mol. The maximum absolute atomic E-state index is 12.9. The number of rotatable bonds is 6. The summed E-state index contributed by atoms with van der Waals surface area (Å²) in [4.78, 5) is 30.9. The summed E-state index contributed by atoms with van der Waals surface area (Å²) < 4.78 is 6.73. The van der Waals surface area contributed by atoms with Gasteiger partial charge >= 0.3 is 0 Å². The Kier molecular flexibility index (Phi) is 5.47. The van der Waals surface area contributed by atoms with Crippen LogP contribution in [0.3, 0.4) is 0 Å². The molecule has 1 heterocycles. The molecule has 0 N–H and O–H groups in total. The summed E-state index contributed by atoms with van der Waals surface area (Å²) in [7, 11) is 3.31. The van der Waals surface area contributed by atoms with Gasteiger partial charge in [-0.1, -0.05) is 18.2 Å². The maximum atomic E-state index is 12.9. The Balaban J connectivity index is 1.89. The lowest BCUT2D eigenvalue weighted by atomic mass is 10.1. The predicted octanol–water partition coefficient (Wildman–Crippen LogP) is 3.47. The number of hydrogen-bond donors (Lipinski definition) is 0. The van der Waals surface area contributed by atoms with Crippen molar-refractivity contribution in [3.63, 3.8) is 0 Å². The van der Waals surface area contributed by atoms with Crippen LogP contribution in [0.25, 0.3) is 0 Å². The molecular formula is C21H19N3O3. The fourth-order valence-corrected chi connectivity index (χ4v) is 2.53. The lowest BCUT2D eigenvalue weighted by Gasteiger charge is -2.18. The zero-order chi connectivity index (χ0) is 19.2. The summed E-state index contributed by atoms with van der Waals surface area (Å²) in [6.45, 7) is 0. The van der Waals surface area contributed by atoms with Gasteiger partial charge in [-0.3, -0.25) is 14.5 Å². The summed E-state index contributed by atoms with van der Waals surface area (Å²) in [5.74, 6) is 0.408. The molecule has 0 fully saturated rings. The van der Waals surface area contributed by atoms with Gasteiger partial charge in [0, 0.05) is 43.0 Å². The number of imidazole rings is 1. The molecule has 27 heavy (non-hydrogen) atoms. The van der Waals surface area contributed by atoms with Gasteiger partial charge in [0.05, 0.1) is 7.11 Å². The molecule has 1 aromatic heterocycles. The predicted molar refractivity (Wildman–Crippen MR) is 103 cm³/mol. The molecule has 1 amide bonds. The molecule has 0 spiro atoms. The number of benzene rings is 2. The second-order valence-electron chi connectivity index (χ2n) is 5.78. The number of amides is 1. The number of nitrogens with zero attached hydrogens (tertiary/aromatic N) is 3. The molecule has 0 aliphatic carbocycles. The normalized spacial score (nSPS) is 10.7. The first-order valence-corrected chi connectivity index (χ1v) is 8.32. The highest BCUT2D eigenvalue weighted by Crippen LogP contribution is 2.18. The van der Waals surface area contributed by atoms with Gasteiger partial charge in [0.25, 0.3) is 5.91 Å². The molecular weight excluding hydrogens is 342 g/mol. The number of ether oxygens (including phenoxy) is 1. The lowest BCUT2D eigenvalue weighted by molar-refractivity contribution is 0.0985. The first kappa shape index (κ1) is 18.1. The molecule has 0 aliphatic rings. The van der Waals surface area contributed by atoms with E-state index in [1.807, 2.05) is 18.2 Å². The Hall–Kier alpha value is -3.67. The monoisotopic (exact) mass is 361 g/mol. The molecule has 3 aromatic rings. The molecule has 0 radical (unpaired) electrons. The van der Waals surface area contributed by atoms with E-state index >= 15 is 0 Å². The third-order valence-electron chi connectivity index (χ3n) is 4.02. The van der Waals surface area contributed by atoms with E-state index in [4.69, 9.17) is 4.74 Å². The van der Waals surface area contributed by atoms with Gasteiger partial charge in [-0.25, -0.2) is 4.98 Å². The number of anilines is 1. The Bertz CT molecular complexity index is 960. The van der Waals surface area contributed by atoms with Gasteiger partial charge < -0.3 is 9.30 Å². The number of allylic oxidation sites excluding steroid dienone is 1. The molecule has 0 saturated carbocycles. The van der Waals surface area contributed by atoms with E-state index < -0.39 is 0 Å². The van der Waals surface area contributed by atoms with Crippen molar-refractivity contribution in [1.82, 2.24) is 9.55 Å². The minimum atomic E-state index is -0.326. The molecule has 136 valence electrons. The highest BCUT2D eigenvalue weighted by atomic mass is 16.5. The molecule has 6 heteroatoms. The highest BCUT2D eigenvalue weighted by Gasteiger charge is 2.19. The lowest BCUT2D eigenvalue weighted by Crippen LogP contribution is -2.28. The number of ketones is 1. The van der Waals surface area contributed by atoms with Crippen molar-refractivity contribution in [2.24, 2.45) is 7.05 Å². The Morgan fingerprint density at radius 3 is 2.37 bits per heavy atom. The number of hydrogen-bond acceptors (Lipinski definition) is 4. The van der Waals surface area contributed by atoms with Gasteiger partial charge in [0.15, 0.2) is 11.6 Å². The molecule has 3 rings (SSSR count). The Morgan fingerprint density at radius 1 is 1.07 bits per heavy atom. The number of carbonyl (C=O) groups is 2. The van der Waals surface area contributed by atoms with Crippen molar-refractivity contribution in [2.45, 2.75) is 0 Å². The van der Waals surface area contributed by atoms with Crippen LogP contribution < -0.4 is 9.64 Å². The van der Waals surface area contributed by atoms with Gasteiger partial charge in [-0.15, -0.1) is 0 Å². The van der Waals surface area contributed by atoms with Gasteiger partial charge in [0.1, 0.15) is 5.75 Å². The maximum Gasteiger partial charge on any atom is 0.298 e. The number of aryl methyl sites for hydroxylation is 1. The summed E-state index contributed by atoms with van der Waals surface area (Å²) in [6, 6.07) is 15.9.